The Labute approximate surface area is 252 Å². The van der Waals surface area contributed by atoms with E-state index in [4.69, 9.17) is 0 Å². The highest BCUT2D eigenvalue weighted by Crippen LogP contribution is 2.25. The molecule has 0 aliphatic carbocycles. The number of unbranched alkanes of at least 4 members (excludes halogenated alkanes) is 14. The predicted octanol–water partition coefficient (Wildman–Crippen LogP) is 10.1. The maximum absolute atomic E-state index is 14.4. The van der Waals surface area contributed by atoms with Crippen molar-refractivity contribution in [3.05, 3.63) is 82.4 Å². The van der Waals surface area contributed by atoms with Crippen molar-refractivity contribution in [1.82, 2.24) is 4.90 Å². The van der Waals surface area contributed by atoms with Crippen LogP contribution in [0.15, 0.2) is 59.7 Å². The van der Waals surface area contributed by atoms with Gasteiger partial charge in [-0.15, -0.1) is 0 Å². The molecule has 0 spiro atoms. The van der Waals surface area contributed by atoms with Crippen molar-refractivity contribution < 1.29 is 18.4 Å². The average molecular weight is 578 g/mol. The molecule has 1 aliphatic rings. The van der Waals surface area contributed by atoms with Crippen LogP contribution in [0.25, 0.3) is 12.2 Å². The van der Waals surface area contributed by atoms with E-state index in [1.807, 2.05) is 0 Å². The number of Topliss-reactive ketones (excluding diaryl/α,β-unsaturated/α-hetero) is 1. The standard InChI is InChI=1S/C37H49F2NO2/c1-2-3-4-5-6-7-8-9-10-11-12-13-14-15-16-25-36(41)40-28-32(26-30-21-17-19-23-34(30)38)37(42)33(29-40)27-31-22-18-20-24-35(31)39/h17-24,26-27H,2-16,25,28-29H2,1H3. The highest BCUT2D eigenvalue weighted by molar-refractivity contribution is 6.15. The van der Waals surface area contributed by atoms with Gasteiger partial charge < -0.3 is 4.90 Å². The van der Waals surface area contributed by atoms with Crippen LogP contribution < -0.4 is 0 Å². The number of benzene rings is 2. The second-order valence-electron chi connectivity index (χ2n) is 11.7. The lowest BCUT2D eigenvalue weighted by atomic mass is 9.93. The fraction of sp³-hybridized carbons (Fsp3) is 0.514. The first-order chi connectivity index (χ1) is 20.5. The third-order valence-electron chi connectivity index (χ3n) is 8.12. The molecule has 0 bridgehead atoms. The first kappa shape index (κ1) is 33.4. The smallest absolute Gasteiger partial charge is 0.223 e. The van der Waals surface area contributed by atoms with E-state index < -0.39 is 11.6 Å². The average Bonchev–Trinajstić information content (AvgIpc) is 2.99. The van der Waals surface area contributed by atoms with Crippen LogP contribution in [0.3, 0.4) is 0 Å². The summed E-state index contributed by atoms with van der Waals surface area (Å²) in [6.45, 7) is 2.51. The van der Waals surface area contributed by atoms with Crippen LogP contribution in [0.5, 0.6) is 0 Å². The highest BCUT2D eigenvalue weighted by Gasteiger charge is 2.29. The molecule has 3 rings (SSSR count). The molecule has 1 fully saturated rings. The summed E-state index contributed by atoms with van der Waals surface area (Å²) in [6, 6.07) is 12.5. The van der Waals surface area contributed by atoms with Gasteiger partial charge in [0.25, 0.3) is 0 Å². The summed E-state index contributed by atoms with van der Waals surface area (Å²) in [6.07, 6.45) is 22.4. The molecule has 2 aromatic carbocycles. The number of rotatable bonds is 18. The molecule has 0 atom stereocenters. The minimum absolute atomic E-state index is 0.0314. The van der Waals surface area contributed by atoms with Crippen LogP contribution in [0.1, 0.15) is 121 Å². The first-order valence-corrected chi connectivity index (χ1v) is 16.2. The van der Waals surface area contributed by atoms with E-state index in [2.05, 4.69) is 6.92 Å². The number of carbonyl (C=O) groups is 2. The van der Waals surface area contributed by atoms with Gasteiger partial charge in [0, 0.05) is 41.8 Å². The fourth-order valence-corrected chi connectivity index (χ4v) is 5.58. The largest absolute Gasteiger partial charge is 0.334 e. The minimum atomic E-state index is -0.432. The fourth-order valence-electron chi connectivity index (χ4n) is 5.58. The molecule has 42 heavy (non-hydrogen) atoms. The lowest BCUT2D eigenvalue weighted by Gasteiger charge is -2.30. The summed E-state index contributed by atoms with van der Waals surface area (Å²) in [5.74, 6) is -1.18. The third-order valence-corrected chi connectivity index (χ3v) is 8.12. The number of carbonyl (C=O) groups excluding carboxylic acids is 2. The zero-order valence-corrected chi connectivity index (χ0v) is 25.5. The van der Waals surface area contributed by atoms with Gasteiger partial charge in [-0.2, -0.15) is 0 Å². The van der Waals surface area contributed by atoms with E-state index >= 15 is 0 Å². The minimum Gasteiger partial charge on any atom is -0.334 e. The van der Waals surface area contributed by atoms with Crippen LogP contribution >= 0.6 is 0 Å². The number of nitrogens with zero attached hydrogens (tertiary/aromatic N) is 1. The summed E-state index contributed by atoms with van der Waals surface area (Å²) >= 11 is 0. The highest BCUT2D eigenvalue weighted by atomic mass is 19.1. The molecule has 1 aliphatic heterocycles. The summed E-state index contributed by atoms with van der Waals surface area (Å²) in [5, 5.41) is 0. The van der Waals surface area contributed by atoms with Crippen molar-refractivity contribution in [1.29, 1.82) is 0 Å². The second kappa shape index (κ2) is 19.2. The van der Waals surface area contributed by atoms with Gasteiger partial charge >= 0.3 is 0 Å². The van der Waals surface area contributed by atoms with E-state index in [-0.39, 0.29) is 24.8 Å². The number of hydrogen-bond donors (Lipinski definition) is 0. The van der Waals surface area contributed by atoms with Gasteiger partial charge in [0.2, 0.25) is 5.91 Å². The van der Waals surface area contributed by atoms with Gasteiger partial charge in [0.15, 0.2) is 5.78 Å². The predicted molar refractivity (Wildman–Crippen MR) is 170 cm³/mol. The van der Waals surface area contributed by atoms with Gasteiger partial charge in [-0.1, -0.05) is 133 Å². The SMILES string of the molecule is CCCCCCCCCCCCCCCCCC(=O)N1CC(=Cc2ccccc2F)C(=O)C(=Cc2ccccc2F)C1. The number of hydrogen-bond acceptors (Lipinski definition) is 2. The number of piperidine rings is 1. The Hall–Kier alpha value is -3.08. The monoisotopic (exact) mass is 577 g/mol. The quantitative estimate of drug-likeness (QED) is 0.131. The Bertz CT molecular complexity index is 1120. The van der Waals surface area contributed by atoms with E-state index in [9.17, 15) is 18.4 Å². The first-order valence-electron chi connectivity index (χ1n) is 16.2. The molecule has 0 unspecified atom stereocenters. The Morgan fingerprint density at radius 1 is 0.643 bits per heavy atom. The van der Waals surface area contributed by atoms with Gasteiger partial charge in [-0.25, -0.2) is 8.78 Å². The second-order valence-corrected chi connectivity index (χ2v) is 11.7. The summed E-state index contributed by atoms with van der Waals surface area (Å²) in [7, 11) is 0. The molecule has 0 radical (unpaired) electrons. The Balaban J connectivity index is 1.44. The molecule has 0 aromatic heterocycles. The van der Waals surface area contributed by atoms with E-state index in [0.29, 0.717) is 28.7 Å². The van der Waals surface area contributed by atoms with Crippen LogP contribution in [0.2, 0.25) is 0 Å². The Kier molecular flexibility index (Phi) is 15.3. The zero-order chi connectivity index (χ0) is 30.0. The van der Waals surface area contributed by atoms with Crippen molar-refractivity contribution in [2.24, 2.45) is 0 Å². The molecule has 228 valence electrons. The van der Waals surface area contributed by atoms with Crippen molar-refractivity contribution >= 4 is 23.8 Å². The number of likely N-dealkylation sites (tertiary alicyclic amines) is 1. The summed E-state index contributed by atoms with van der Waals surface area (Å²) in [5.41, 5.74) is 1.25. The lowest BCUT2D eigenvalue weighted by molar-refractivity contribution is -0.131. The van der Waals surface area contributed by atoms with Crippen LogP contribution in [-0.4, -0.2) is 29.7 Å². The molecule has 1 saturated heterocycles. The lowest BCUT2D eigenvalue weighted by Crippen LogP contribution is -2.41. The van der Waals surface area contributed by atoms with Crippen LogP contribution in [-0.2, 0) is 9.59 Å². The van der Waals surface area contributed by atoms with Crippen LogP contribution in [0.4, 0.5) is 8.78 Å². The van der Waals surface area contributed by atoms with Gasteiger partial charge in [-0.05, 0) is 30.7 Å². The molecule has 0 saturated carbocycles. The normalized spacial score (nSPS) is 15.6. The van der Waals surface area contributed by atoms with E-state index in [1.54, 1.807) is 41.3 Å². The van der Waals surface area contributed by atoms with Crippen molar-refractivity contribution in [3.8, 4) is 0 Å². The number of halogens is 2. The molecule has 1 heterocycles. The molecule has 3 nitrogen and oxygen atoms in total. The molecular weight excluding hydrogens is 528 g/mol. The van der Waals surface area contributed by atoms with Crippen molar-refractivity contribution in [2.75, 3.05) is 13.1 Å². The maximum Gasteiger partial charge on any atom is 0.223 e. The third kappa shape index (κ3) is 11.7. The van der Waals surface area contributed by atoms with E-state index in [1.165, 1.54) is 101 Å². The van der Waals surface area contributed by atoms with Crippen molar-refractivity contribution in [3.63, 3.8) is 0 Å². The summed E-state index contributed by atoms with van der Waals surface area (Å²) in [4.78, 5) is 28.1. The molecular formula is C37H49F2NO2. The van der Waals surface area contributed by atoms with Crippen molar-refractivity contribution in [2.45, 2.75) is 110 Å². The molecule has 2 aromatic rings. The Morgan fingerprint density at radius 2 is 1.02 bits per heavy atom. The molecule has 0 N–H and O–H groups in total. The van der Waals surface area contributed by atoms with Gasteiger partial charge in [0.1, 0.15) is 11.6 Å². The number of amides is 1. The Morgan fingerprint density at radius 3 is 1.43 bits per heavy atom. The number of ketones is 1. The van der Waals surface area contributed by atoms with Gasteiger partial charge in [-0.3, -0.25) is 9.59 Å². The topological polar surface area (TPSA) is 37.4 Å². The molecule has 1 amide bonds. The maximum atomic E-state index is 14.4. The van der Waals surface area contributed by atoms with Crippen LogP contribution in [0, 0.1) is 11.6 Å². The summed E-state index contributed by atoms with van der Waals surface area (Å²) < 4.78 is 28.7. The molecule has 5 heteroatoms. The van der Waals surface area contributed by atoms with E-state index in [0.717, 1.165) is 19.3 Å². The van der Waals surface area contributed by atoms with Gasteiger partial charge in [0.05, 0.1) is 0 Å². The zero-order valence-electron chi connectivity index (χ0n) is 25.5.